The van der Waals surface area contributed by atoms with Crippen LogP contribution >= 0.6 is 11.8 Å². The highest BCUT2D eigenvalue weighted by atomic mass is 32.2. The molecule has 0 spiro atoms. The molecule has 1 heterocycles. The first-order chi connectivity index (χ1) is 9.09. The largest absolute Gasteiger partial charge is 0.478 e. The minimum atomic E-state index is -1.08. The molecule has 0 aromatic heterocycles. The van der Waals surface area contributed by atoms with E-state index in [2.05, 4.69) is 0 Å². The van der Waals surface area contributed by atoms with Crippen LogP contribution in [-0.2, 0) is 4.79 Å². The predicted molar refractivity (Wildman–Crippen MR) is 77.2 cm³/mol. The lowest BCUT2D eigenvalue weighted by Gasteiger charge is -2.27. The van der Waals surface area contributed by atoms with Crippen LogP contribution in [0, 0.1) is 5.82 Å². The molecule has 0 saturated carbocycles. The average molecular weight is 281 g/mol. The first-order valence-corrected chi connectivity index (χ1v) is 7.25. The van der Waals surface area contributed by atoms with Gasteiger partial charge in [0.2, 0.25) is 0 Å². The SMILES string of the molecule is CN(c1cccc(F)c1/C=C/C(=O)O)C1CCSC1. The maximum Gasteiger partial charge on any atom is 0.328 e. The third kappa shape index (κ3) is 3.29. The van der Waals surface area contributed by atoms with Crippen molar-refractivity contribution in [3.05, 3.63) is 35.7 Å². The fourth-order valence-electron chi connectivity index (χ4n) is 2.18. The van der Waals surface area contributed by atoms with Crippen molar-refractivity contribution in [3.63, 3.8) is 0 Å². The van der Waals surface area contributed by atoms with Gasteiger partial charge in [-0.05, 0) is 30.4 Å². The molecule has 0 amide bonds. The van der Waals surface area contributed by atoms with Gasteiger partial charge in [0.05, 0.1) is 0 Å². The second-order valence-corrected chi connectivity index (χ2v) is 5.62. The van der Waals surface area contributed by atoms with Gasteiger partial charge in [-0.25, -0.2) is 9.18 Å². The standard InChI is InChI=1S/C14H16FNO2S/c1-16(10-7-8-19-9-10)13-4-2-3-12(15)11(13)5-6-14(17)18/h2-6,10H,7-9H2,1H3,(H,17,18)/b6-5+. The third-order valence-electron chi connectivity index (χ3n) is 3.26. The second-order valence-electron chi connectivity index (χ2n) is 4.47. The number of aliphatic carboxylic acids is 1. The smallest absolute Gasteiger partial charge is 0.328 e. The van der Waals surface area contributed by atoms with Gasteiger partial charge in [0.1, 0.15) is 5.82 Å². The summed E-state index contributed by atoms with van der Waals surface area (Å²) in [5.41, 5.74) is 1.08. The molecule has 0 aliphatic carbocycles. The lowest BCUT2D eigenvalue weighted by molar-refractivity contribution is -0.131. The first kappa shape index (κ1) is 13.9. The van der Waals surface area contributed by atoms with E-state index >= 15 is 0 Å². The highest BCUT2D eigenvalue weighted by Gasteiger charge is 2.22. The zero-order valence-corrected chi connectivity index (χ0v) is 11.5. The van der Waals surface area contributed by atoms with Crippen molar-refractivity contribution in [3.8, 4) is 0 Å². The van der Waals surface area contributed by atoms with Crippen LogP contribution in [0.4, 0.5) is 10.1 Å². The topological polar surface area (TPSA) is 40.5 Å². The summed E-state index contributed by atoms with van der Waals surface area (Å²) in [6, 6.07) is 5.21. The maximum absolute atomic E-state index is 13.9. The number of nitrogens with zero attached hydrogens (tertiary/aromatic N) is 1. The number of benzene rings is 1. The normalized spacial score (nSPS) is 18.9. The van der Waals surface area contributed by atoms with Crippen LogP contribution in [0.15, 0.2) is 24.3 Å². The number of carboxylic acid groups (broad SMARTS) is 1. The fraction of sp³-hybridized carbons (Fsp3) is 0.357. The van der Waals surface area contributed by atoms with E-state index in [0.29, 0.717) is 11.6 Å². The minimum Gasteiger partial charge on any atom is -0.478 e. The molecule has 1 aromatic carbocycles. The lowest BCUT2D eigenvalue weighted by atomic mass is 10.1. The second kappa shape index (κ2) is 6.10. The molecule has 1 saturated heterocycles. The average Bonchev–Trinajstić information content (AvgIpc) is 2.89. The van der Waals surface area contributed by atoms with Crippen molar-refractivity contribution < 1.29 is 14.3 Å². The molecule has 3 nitrogen and oxygen atoms in total. The molecule has 102 valence electrons. The monoisotopic (exact) mass is 281 g/mol. The summed E-state index contributed by atoms with van der Waals surface area (Å²) in [5, 5.41) is 8.68. The van der Waals surface area contributed by atoms with Crippen LogP contribution in [0.1, 0.15) is 12.0 Å². The minimum absolute atomic E-state index is 0.337. The Morgan fingerprint density at radius 3 is 3.00 bits per heavy atom. The number of hydrogen-bond donors (Lipinski definition) is 1. The molecule has 19 heavy (non-hydrogen) atoms. The van der Waals surface area contributed by atoms with E-state index in [1.807, 2.05) is 29.8 Å². The molecule has 1 aromatic rings. The van der Waals surface area contributed by atoms with Crippen molar-refractivity contribution in [1.82, 2.24) is 0 Å². The Bertz CT molecular complexity index is 498. The van der Waals surface area contributed by atoms with Crippen molar-refractivity contribution in [1.29, 1.82) is 0 Å². The van der Waals surface area contributed by atoms with Gasteiger partial charge in [-0.3, -0.25) is 0 Å². The molecule has 0 bridgehead atoms. The molecule has 1 fully saturated rings. The van der Waals surface area contributed by atoms with Gasteiger partial charge in [-0.1, -0.05) is 6.07 Å². The summed E-state index contributed by atoms with van der Waals surface area (Å²) >= 11 is 1.89. The van der Waals surface area contributed by atoms with E-state index in [-0.39, 0.29) is 0 Å². The van der Waals surface area contributed by atoms with E-state index < -0.39 is 11.8 Å². The zero-order chi connectivity index (χ0) is 13.8. The number of anilines is 1. The molecule has 0 radical (unpaired) electrons. The van der Waals surface area contributed by atoms with Gasteiger partial charge in [-0.2, -0.15) is 11.8 Å². The molecule has 1 aliphatic rings. The summed E-state index contributed by atoms with van der Waals surface area (Å²) in [6.45, 7) is 0. The van der Waals surface area contributed by atoms with Gasteiger partial charge >= 0.3 is 5.97 Å². The molecular weight excluding hydrogens is 265 g/mol. The summed E-state index contributed by atoms with van der Waals surface area (Å²) in [7, 11) is 1.93. The number of carboxylic acids is 1. The summed E-state index contributed by atoms with van der Waals surface area (Å²) in [6.07, 6.45) is 3.37. The fourth-order valence-corrected chi connectivity index (χ4v) is 3.44. The molecule has 1 atom stereocenters. The van der Waals surface area contributed by atoms with Crippen molar-refractivity contribution in [2.24, 2.45) is 0 Å². The van der Waals surface area contributed by atoms with E-state index in [1.54, 1.807) is 6.07 Å². The van der Waals surface area contributed by atoms with Gasteiger partial charge < -0.3 is 10.0 Å². The molecule has 5 heteroatoms. The highest BCUT2D eigenvalue weighted by Crippen LogP contribution is 2.30. The Hall–Kier alpha value is -1.49. The number of rotatable bonds is 4. The Kier molecular flexibility index (Phi) is 4.47. The van der Waals surface area contributed by atoms with Crippen LogP contribution in [0.5, 0.6) is 0 Å². The molecule has 1 N–H and O–H groups in total. The maximum atomic E-state index is 13.9. The first-order valence-electron chi connectivity index (χ1n) is 6.09. The highest BCUT2D eigenvalue weighted by molar-refractivity contribution is 7.99. The summed E-state index contributed by atoms with van der Waals surface area (Å²) in [5.74, 6) is 0.667. The lowest BCUT2D eigenvalue weighted by Crippen LogP contribution is -2.31. The number of thioether (sulfide) groups is 1. The van der Waals surface area contributed by atoms with Crippen LogP contribution in [-0.4, -0.2) is 35.7 Å². The zero-order valence-electron chi connectivity index (χ0n) is 10.7. The van der Waals surface area contributed by atoms with Gasteiger partial charge in [0.15, 0.2) is 0 Å². The third-order valence-corrected chi connectivity index (χ3v) is 4.40. The van der Waals surface area contributed by atoms with E-state index in [9.17, 15) is 9.18 Å². The van der Waals surface area contributed by atoms with Crippen LogP contribution < -0.4 is 4.90 Å². The van der Waals surface area contributed by atoms with E-state index in [0.717, 1.165) is 29.7 Å². The van der Waals surface area contributed by atoms with Gasteiger partial charge in [0, 0.05) is 36.2 Å². The number of halogens is 1. The molecule has 1 unspecified atom stereocenters. The van der Waals surface area contributed by atoms with Crippen LogP contribution in [0.3, 0.4) is 0 Å². The van der Waals surface area contributed by atoms with E-state index in [4.69, 9.17) is 5.11 Å². The summed E-state index contributed by atoms with van der Waals surface area (Å²) in [4.78, 5) is 12.6. The van der Waals surface area contributed by atoms with E-state index in [1.165, 1.54) is 12.1 Å². The van der Waals surface area contributed by atoms with Gasteiger partial charge in [0.25, 0.3) is 0 Å². The van der Waals surface area contributed by atoms with Crippen molar-refractivity contribution >= 4 is 29.5 Å². The number of carbonyl (C=O) groups is 1. The molecular formula is C14H16FNO2S. The quantitative estimate of drug-likeness (QED) is 0.862. The predicted octanol–water partition coefficient (Wildman–Crippen LogP) is 2.87. The van der Waals surface area contributed by atoms with Gasteiger partial charge in [-0.15, -0.1) is 0 Å². The van der Waals surface area contributed by atoms with Crippen molar-refractivity contribution in [2.75, 3.05) is 23.5 Å². The van der Waals surface area contributed by atoms with Crippen LogP contribution in [0.25, 0.3) is 6.08 Å². The summed E-state index contributed by atoms with van der Waals surface area (Å²) < 4.78 is 13.9. The van der Waals surface area contributed by atoms with Crippen LogP contribution in [0.2, 0.25) is 0 Å². The Labute approximate surface area is 116 Å². The Morgan fingerprint density at radius 2 is 2.37 bits per heavy atom. The van der Waals surface area contributed by atoms with Crippen molar-refractivity contribution in [2.45, 2.75) is 12.5 Å². The molecule has 2 rings (SSSR count). The Morgan fingerprint density at radius 1 is 1.58 bits per heavy atom. The molecule has 1 aliphatic heterocycles. The Balaban J connectivity index is 2.33. The number of hydrogen-bond acceptors (Lipinski definition) is 3.